The highest BCUT2D eigenvalue weighted by Crippen LogP contribution is 2.66. The summed E-state index contributed by atoms with van der Waals surface area (Å²) < 4.78 is 148. The average Bonchev–Trinajstić information content (AvgIpc) is 3.10. The number of esters is 1. The van der Waals surface area contributed by atoms with Gasteiger partial charge in [0.15, 0.2) is 12.0 Å². The molecule has 0 saturated heterocycles. The van der Waals surface area contributed by atoms with E-state index in [1.165, 1.54) is 6.92 Å². The van der Waals surface area contributed by atoms with Gasteiger partial charge in [0.05, 0.1) is 0 Å². The van der Waals surface area contributed by atoms with E-state index in [0.29, 0.717) is 0 Å². The minimum absolute atomic E-state index is 0.0764. The van der Waals surface area contributed by atoms with Crippen molar-refractivity contribution in [3.05, 3.63) is 0 Å². The smallest absolute Gasteiger partial charge is 0.405 e. The van der Waals surface area contributed by atoms with Crippen LogP contribution in [-0.2, 0) is 9.53 Å². The van der Waals surface area contributed by atoms with E-state index < -0.39 is 72.5 Å². The maximum Gasteiger partial charge on any atom is 0.405 e. The highest BCUT2D eigenvalue weighted by molar-refractivity contribution is 5.79. The molecular weight excluding hydrogens is 433 g/mol. The molecule has 2 bridgehead atoms. The molecule has 2 aliphatic rings. The Morgan fingerprint density at radius 3 is 1.90 bits per heavy atom. The molecule has 13 heteroatoms. The van der Waals surface area contributed by atoms with Gasteiger partial charge in [0.1, 0.15) is 0 Å². The zero-order chi connectivity index (χ0) is 22.8. The molecule has 0 N–H and O–H groups in total. The van der Waals surface area contributed by atoms with E-state index in [0.717, 1.165) is 0 Å². The Labute approximate surface area is 157 Å². The molecule has 170 valence electrons. The molecule has 2 saturated carbocycles. The normalized spacial score (nSPS) is 33.4. The molecule has 2 rings (SSSR count). The summed E-state index contributed by atoms with van der Waals surface area (Å²) >= 11 is 0. The predicted octanol–water partition coefficient (Wildman–Crippen LogP) is 5.56. The average molecular weight is 450 g/mol. The van der Waals surface area contributed by atoms with Crippen molar-refractivity contribution in [2.24, 2.45) is 29.1 Å². The maximum atomic E-state index is 13.7. The van der Waals surface area contributed by atoms with Gasteiger partial charge in [0, 0.05) is 0 Å². The van der Waals surface area contributed by atoms with Gasteiger partial charge in [-0.3, -0.25) is 4.79 Å². The Balaban J connectivity index is 2.27. The second-order valence-electron chi connectivity index (χ2n) is 7.77. The lowest BCUT2D eigenvalue weighted by Gasteiger charge is -2.42. The SMILES string of the molecule is CC1C2CC(C1C)C(C(=O)OCC(F)(F)C(F)(F)C(F)(F)C(F)F)(C(F)(F)F)C2. The Morgan fingerprint density at radius 1 is 1.00 bits per heavy atom. The summed E-state index contributed by atoms with van der Waals surface area (Å²) in [6, 6.07) is 0. The summed E-state index contributed by atoms with van der Waals surface area (Å²) in [5, 5.41) is 0. The van der Waals surface area contributed by atoms with Crippen molar-refractivity contribution in [3.63, 3.8) is 0 Å². The van der Waals surface area contributed by atoms with Crippen LogP contribution in [0.3, 0.4) is 0 Å². The van der Waals surface area contributed by atoms with Gasteiger partial charge in [-0.15, -0.1) is 0 Å². The van der Waals surface area contributed by atoms with Crippen LogP contribution in [0.5, 0.6) is 0 Å². The Bertz CT molecular complexity index is 643. The van der Waals surface area contributed by atoms with Crippen LogP contribution in [-0.4, -0.2) is 42.9 Å². The summed E-state index contributed by atoms with van der Waals surface area (Å²) in [6.07, 6.45) is -11.4. The van der Waals surface area contributed by atoms with E-state index in [9.17, 15) is 53.1 Å². The van der Waals surface area contributed by atoms with Gasteiger partial charge in [-0.1, -0.05) is 13.8 Å². The fraction of sp³-hybridized carbons (Fsp3) is 0.938. The standard InChI is InChI=1S/C16H17F11O2/c1-6-7(2)9-3-8(6)4-12(9,16(25,26)27)11(28)29-5-13(19,20)15(23,24)14(21,22)10(17)18/h6-10H,3-5H2,1-2H3. The van der Waals surface area contributed by atoms with Crippen LogP contribution in [0.4, 0.5) is 48.3 Å². The molecule has 29 heavy (non-hydrogen) atoms. The number of halogens is 11. The Kier molecular flexibility index (Phi) is 5.67. The first kappa shape index (κ1) is 24.0. The number of ether oxygens (including phenoxy) is 1. The summed E-state index contributed by atoms with van der Waals surface area (Å²) in [4.78, 5) is 12.2. The van der Waals surface area contributed by atoms with Crippen LogP contribution in [0.15, 0.2) is 0 Å². The van der Waals surface area contributed by atoms with Gasteiger partial charge in [-0.25, -0.2) is 8.78 Å². The first-order chi connectivity index (χ1) is 12.8. The summed E-state index contributed by atoms with van der Waals surface area (Å²) in [5.41, 5.74) is -3.25. The second-order valence-corrected chi connectivity index (χ2v) is 7.77. The van der Waals surface area contributed by atoms with Gasteiger partial charge in [0.2, 0.25) is 0 Å². The third kappa shape index (κ3) is 3.26. The number of carbonyl (C=O) groups excluding carboxylic acids is 1. The first-order valence-corrected chi connectivity index (χ1v) is 8.50. The monoisotopic (exact) mass is 450 g/mol. The quantitative estimate of drug-likeness (QED) is 0.391. The number of carbonyl (C=O) groups is 1. The summed E-state index contributed by atoms with van der Waals surface area (Å²) in [5.74, 6) is -24.4. The van der Waals surface area contributed by atoms with Gasteiger partial charge in [-0.2, -0.15) is 39.5 Å². The second kappa shape index (κ2) is 6.86. The molecule has 0 spiro atoms. The number of hydrogen-bond donors (Lipinski definition) is 0. The van der Waals surface area contributed by atoms with E-state index in [1.54, 1.807) is 6.92 Å². The van der Waals surface area contributed by atoms with Crippen LogP contribution in [0.25, 0.3) is 0 Å². The zero-order valence-electron chi connectivity index (χ0n) is 15.0. The number of alkyl halides is 11. The lowest BCUT2D eigenvalue weighted by molar-refractivity contribution is -0.345. The van der Waals surface area contributed by atoms with E-state index in [2.05, 4.69) is 4.74 Å². The Hall–Kier alpha value is -1.30. The molecule has 2 aliphatic carbocycles. The third-order valence-electron chi connectivity index (χ3n) is 6.39. The number of rotatable bonds is 6. The maximum absolute atomic E-state index is 13.7. The largest absolute Gasteiger partial charge is 0.458 e. The van der Waals surface area contributed by atoms with Crippen LogP contribution in [0.1, 0.15) is 26.7 Å². The number of hydrogen-bond acceptors (Lipinski definition) is 2. The molecule has 2 nitrogen and oxygen atoms in total. The highest BCUT2D eigenvalue weighted by atomic mass is 19.4. The molecule has 0 aromatic carbocycles. The molecule has 0 amide bonds. The highest BCUT2D eigenvalue weighted by Gasteiger charge is 2.77. The van der Waals surface area contributed by atoms with Crippen LogP contribution < -0.4 is 0 Å². The molecule has 0 aromatic rings. The van der Waals surface area contributed by atoms with Crippen LogP contribution in [0, 0.1) is 29.1 Å². The third-order valence-corrected chi connectivity index (χ3v) is 6.39. The predicted molar refractivity (Wildman–Crippen MR) is 74.8 cm³/mol. The molecule has 2 fully saturated rings. The lowest BCUT2D eigenvalue weighted by Crippen LogP contribution is -2.60. The fourth-order valence-corrected chi connectivity index (χ4v) is 4.47. The lowest BCUT2D eigenvalue weighted by atomic mass is 9.65. The molecule has 0 aliphatic heterocycles. The van der Waals surface area contributed by atoms with Crippen LogP contribution in [0.2, 0.25) is 0 Å². The topological polar surface area (TPSA) is 26.3 Å². The minimum Gasteiger partial charge on any atom is -0.458 e. The van der Waals surface area contributed by atoms with E-state index in [1.807, 2.05) is 0 Å². The van der Waals surface area contributed by atoms with Gasteiger partial charge in [0.25, 0.3) is 0 Å². The molecular formula is C16H17F11O2. The van der Waals surface area contributed by atoms with Crippen molar-refractivity contribution in [2.75, 3.05) is 6.61 Å². The number of fused-ring (bicyclic) bond motifs is 2. The zero-order valence-corrected chi connectivity index (χ0v) is 15.0. The molecule has 5 atom stereocenters. The van der Waals surface area contributed by atoms with Crippen molar-refractivity contribution in [1.29, 1.82) is 0 Å². The van der Waals surface area contributed by atoms with E-state index in [4.69, 9.17) is 0 Å². The molecule has 0 aromatic heterocycles. The summed E-state index contributed by atoms with van der Waals surface area (Å²) in [6.45, 7) is 0.149. The molecule has 5 unspecified atom stereocenters. The van der Waals surface area contributed by atoms with Gasteiger partial charge >= 0.3 is 36.3 Å². The van der Waals surface area contributed by atoms with Gasteiger partial charge < -0.3 is 4.74 Å². The minimum atomic E-state index is -6.67. The Morgan fingerprint density at radius 2 is 1.52 bits per heavy atom. The summed E-state index contributed by atoms with van der Waals surface area (Å²) in [7, 11) is 0. The van der Waals surface area contributed by atoms with Gasteiger partial charge in [-0.05, 0) is 36.5 Å². The fourth-order valence-electron chi connectivity index (χ4n) is 4.47. The van der Waals surface area contributed by atoms with Crippen molar-refractivity contribution in [2.45, 2.75) is 57.1 Å². The van der Waals surface area contributed by atoms with E-state index >= 15 is 0 Å². The van der Waals surface area contributed by atoms with Crippen molar-refractivity contribution >= 4 is 5.97 Å². The van der Waals surface area contributed by atoms with Crippen LogP contribution >= 0.6 is 0 Å². The molecule has 0 heterocycles. The van der Waals surface area contributed by atoms with Crippen molar-refractivity contribution in [3.8, 4) is 0 Å². The molecule has 0 radical (unpaired) electrons. The van der Waals surface area contributed by atoms with Crippen molar-refractivity contribution in [1.82, 2.24) is 0 Å². The van der Waals surface area contributed by atoms with Crippen molar-refractivity contribution < 1.29 is 57.8 Å². The van der Waals surface area contributed by atoms with E-state index in [-0.39, 0.29) is 12.3 Å². The first-order valence-electron chi connectivity index (χ1n) is 8.50.